The molecule has 166 valence electrons. The van der Waals surface area contributed by atoms with Crippen molar-refractivity contribution < 1.29 is 14.3 Å². The summed E-state index contributed by atoms with van der Waals surface area (Å²) < 4.78 is 5.76. The fourth-order valence-corrected chi connectivity index (χ4v) is 4.84. The van der Waals surface area contributed by atoms with E-state index in [4.69, 9.17) is 4.74 Å². The largest absolute Gasteiger partial charge is 0.441 e. The highest BCUT2D eigenvalue weighted by atomic mass is 16.6. The number of hydrogen-bond acceptors (Lipinski definition) is 4. The number of rotatable bonds is 5. The minimum Gasteiger partial charge on any atom is -0.441 e. The lowest BCUT2D eigenvalue weighted by Gasteiger charge is -2.38. The first-order valence-corrected chi connectivity index (χ1v) is 11.2. The molecule has 2 fully saturated rings. The number of cyclic esters (lactones) is 1. The molecule has 1 aliphatic heterocycles. The molecule has 0 spiro atoms. The number of aromatic amines is 1. The van der Waals surface area contributed by atoms with Gasteiger partial charge in [-0.15, -0.1) is 0 Å². The summed E-state index contributed by atoms with van der Waals surface area (Å²) in [4.78, 5) is 27.3. The Bertz CT molecular complexity index is 929. The minimum absolute atomic E-state index is 0.0877. The number of aromatic nitrogens is 2. The summed E-state index contributed by atoms with van der Waals surface area (Å²) in [5.41, 5.74) is 1.89. The van der Waals surface area contributed by atoms with Gasteiger partial charge in [0.25, 0.3) is 5.91 Å². The topological polar surface area (TPSA) is 87.3 Å². The molecule has 2 amide bonds. The number of nitrogens with one attached hydrogen (secondary N) is 2. The predicted octanol–water partition coefficient (Wildman–Crippen LogP) is 4.55. The fraction of sp³-hybridized carbons (Fsp3) is 0.542. The Morgan fingerprint density at radius 2 is 1.87 bits per heavy atom. The van der Waals surface area contributed by atoms with Crippen LogP contribution >= 0.6 is 0 Å². The quantitative estimate of drug-likeness (QED) is 0.737. The Kier molecular flexibility index (Phi) is 5.77. The molecule has 1 aromatic heterocycles. The third kappa shape index (κ3) is 4.31. The van der Waals surface area contributed by atoms with Crippen LogP contribution in [-0.2, 0) is 4.74 Å². The molecule has 1 saturated heterocycles. The molecule has 2 N–H and O–H groups in total. The van der Waals surface area contributed by atoms with Crippen LogP contribution in [0, 0.1) is 0 Å². The van der Waals surface area contributed by atoms with Crippen molar-refractivity contribution >= 4 is 12.0 Å². The van der Waals surface area contributed by atoms with Crippen LogP contribution in [-0.4, -0.2) is 44.8 Å². The van der Waals surface area contributed by atoms with Crippen molar-refractivity contribution in [2.75, 3.05) is 0 Å². The first kappa shape index (κ1) is 21.4. The van der Waals surface area contributed by atoms with E-state index in [9.17, 15) is 9.59 Å². The average Bonchev–Trinajstić information content (AvgIpc) is 3.32. The third-order valence-electron chi connectivity index (χ3n) is 6.49. The summed E-state index contributed by atoms with van der Waals surface area (Å²) in [6.45, 7) is 8.07. The molecule has 0 bridgehead atoms. The summed E-state index contributed by atoms with van der Waals surface area (Å²) in [5.74, 6) is 0.155. The van der Waals surface area contributed by atoms with Crippen LogP contribution in [0.2, 0.25) is 0 Å². The number of amides is 2. The highest BCUT2D eigenvalue weighted by Crippen LogP contribution is 2.44. The molecule has 7 nitrogen and oxygen atoms in total. The first-order chi connectivity index (χ1) is 14.8. The maximum absolute atomic E-state index is 12.8. The van der Waals surface area contributed by atoms with E-state index in [0.717, 1.165) is 36.9 Å². The SMILES string of the molecule is CC(C)c1cc(C(=O)NC2CCC(N3C(=O)OC(C)(C)[C@@H]3c3ccccc3)CC2)n[nH]1. The zero-order chi connectivity index (χ0) is 22.2. The van der Waals surface area contributed by atoms with E-state index in [-0.39, 0.29) is 30.1 Å². The van der Waals surface area contributed by atoms with E-state index in [1.807, 2.05) is 43.0 Å². The van der Waals surface area contributed by atoms with Crippen LogP contribution in [0.15, 0.2) is 36.4 Å². The lowest BCUT2D eigenvalue weighted by atomic mass is 9.86. The van der Waals surface area contributed by atoms with E-state index in [1.54, 1.807) is 0 Å². The van der Waals surface area contributed by atoms with Crippen molar-refractivity contribution in [2.24, 2.45) is 0 Å². The predicted molar refractivity (Wildman–Crippen MR) is 118 cm³/mol. The molecule has 1 atom stereocenters. The molecule has 1 aliphatic carbocycles. The molecule has 0 radical (unpaired) electrons. The summed E-state index contributed by atoms with van der Waals surface area (Å²) in [6.07, 6.45) is 3.06. The van der Waals surface area contributed by atoms with Gasteiger partial charge in [-0.2, -0.15) is 5.10 Å². The van der Waals surface area contributed by atoms with Gasteiger partial charge in [-0.05, 0) is 57.1 Å². The molecule has 2 aromatic rings. The van der Waals surface area contributed by atoms with Crippen LogP contribution in [0.3, 0.4) is 0 Å². The summed E-state index contributed by atoms with van der Waals surface area (Å²) in [5, 5.41) is 10.2. The smallest absolute Gasteiger partial charge is 0.411 e. The maximum atomic E-state index is 12.8. The van der Waals surface area contributed by atoms with Crippen molar-refractivity contribution in [1.29, 1.82) is 0 Å². The van der Waals surface area contributed by atoms with Gasteiger partial charge in [-0.1, -0.05) is 44.2 Å². The van der Waals surface area contributed by atoms with Crippen molar-refractivity contribution in [3.63, 3.8) is 0 Å². The van der Waals surface area contributed by atoms with Gasteiger partial charge in [0.15, 0.2) is 0 Å². The van der Waals surface area contributed by atoms with Crippen LogP contribution < -0.4 is 5.32 Å². The molecular formula is C24H32N4O3. The normalized spacial score (nSPS) is 25.5. The second-order valence-electron chi connectivity index (χ2n) is 9.53. The fourth-order valence-electron chi connectivity index (χ4n) is 4.84. The van der Waals surface area contributed by atoms with Gasteiger partial charge in [0, 0.05) is 17.8 Å². The van der Waals surface area contributed by atoms with Crippen LogP contribution in [0.1, 0.15) is 87.1 Å². The monoisotopic (exact) mass is 424 g/mol. The zero-order valence-electron chi connectivity index (χ0n) is 18.7. The Balaban J connectivity index is 1.40. The van der Waals surface area contributed by atoms with E-state index in [2.05, 4.69) is 41.5 Å². The molecule has 4 rings (SSSR count). The van der Waals surface area contributed by atoms with Gasteiger partial charge in [0.2, 0.25) is 0 Å². The number of carbonyl (C=O) groups is 2. The highest BCUT2D eigenvalue weighted by Gasteiger charge is 2.51. The van der Waals surface area contributed by atoms with Crippen LogP contribution in [0.4, 0.5) is 4.79 Å². The minimum atomic E-state index is -0.586. The second-order valence-corrected chi connectivity index (χ2v) is 9.53. The Morgan fingerprint density at radius 3 is 2.48 bits per heavy atom. The number of benzene rings is 1. The average molecular weight is 425 g/mol. The molecule has 7 heteroatoms. The van der Waals surface area contributed by atoms with Gasteiger partial charge < -0.3 is 10.1 Å². The Labute approximate surface area is 183 Å². The lowest BCUT2D eigenvalue weighted by Crippen LogP contribution is -2.46. The van der Waals surface area contributed by atoms with Crippen molar-refractivity contribution in [2.45, 2.75) is 83.0 Å². The van der Waals surface area contributed by atoms with Gasteiger partial charge in [-0.3, -0.25) is 14.8 Å². The van der Waals surface area contributed by atoms with Crippen molar-refractivity contribution in [1.82, 2.24) is 20.4 Å². The van der Waals surface area contributed by atoms with E-state index < -0.39 is 5.60 Å². The third-order valence-corrected chi connectivity index (χ3v) is 6.49. The second kappa shape index (κ2) is 8.36. The first-order valence-electron chi connectivity index (χ1n) is 11.2. The van der Waals surface area contributed by atoms with Crippen molar-refractivity contribution in [3.05, 3.63) is 53.3 Å². The molecular weight excluding hydrogens is 392 g/mol. The highest BCUT2D eigenvalue weighted by molar-refractivity contribution is 5.92. The summed E-state index contributed by atoms with van der Waals surface area (Å²) in [7, 11) is 0. The molecule has 2 heterocycles. The number of nitrogens with zero attached hydrogens (tertiary/aromatic N) is 2. The molecule has 1 saturated carbocycles. The van der Waals surface area contributed by atoms with Gasteiger partial charge in [0.1, 0.15) is 11.3 Å². The van der Waals surface area contributed by atoms with Crippen LogP contribution in [0.25, 0.3) is 0 Å². The van der Waals surface area contributed by atoms with E-state index in [0.29, 0.717) is 11.6 Å². The lowest BCUT2D eigenvalue weighted by molar-refractivity contribution is 0.0663. The van der Waals surface area contributed by atoms with Crippen LogP contribution in [0.5, 0.6) is 0 Å². The number of ether oxygens (including phenoxy) is 1. The standard InChI is InChI=1S/C24H32N4O3/c1-15(2)19-14-20(27-26-19)22(29)25-17-10-12-18(13-11-17)28-21(16-8-6-5-7-9-16)24(3,4)31-23(28)30/h5-9,14-15,17-18,21H,10-13H2,1-4H3,(H,25,29)(H,26,27)/t17?,18?,21-/m0/s1. The molecule has 31 heavy (non-hydrogen) atoms. The van der Waals surface area contributed by atoms with E-state index in [1.165, 1.54) is 0 Å². The summed E-state index contributed by atoms with van der Waals surface area (Å²) >= 11 is 0. The van der Waals surface area contributed by atoms with Gasteiger partial charge in [0.05, 0.1) is 6.04 Å². The molecule has 2 aliphatic rings. The summed E-state index contributed by atoms with van der Waals surface area (Å²) in [6, 6.07) is 12.0. The van der Waals surface area contributed by atoms with Crippen molar-refractivity contribution in [3.8, 4) is 0 Å². The molecule has 0 unspecified atom stereocenters. The van der Waals surface area contributed by atoms with E-state index >= 15 is 0 Å². The Hall–Kier alpha value is -2.83. The Morgan fingerprint density at radius 1 is 1.19 bits per heavy atom. The number of hydrogen-bond donors (Lipinski definition) is 2. The van der Waals surface area contributed by atoms with Gasteiger partial charge in [-0.25, -0.2) is 4.79 Å². The maximum Gasteiger partial charge on any atom is 0.411 e. The number of carbonyl (C=O) groups excluding carboxylic acids is 2. The van der Waals surface area contributed by atoms with Gasteiger partial charge >= 0.3 is 6.09 Å². The number of H-pyrrole nitrogens is 1. The molecule has 1 aromatic carbocycles. The zero-order valence-corrected chi connectivity index (χ0v) is 18.7.